The second kappa shape index (κ2) is 5.72. The van der Waals surface area contributed by atoms with Crippen LogP contribution in [0.1, 0.15) is 31.0 Å². The molecule has 1 heterocycles. The third-order valence-corrected chi connectivity index (χ3v) is 3.66. The highest BCUT2D eigenvalue weighted by molar-refractivity contribution is 6.00. The summed E-state index contributed by atoms with van der Waals surface area (Å²) >= 11 is 0. The lowest BCUT2D eigenvalue weighted by Crippen LogP contribution is -2.33. The zero-order valence-electron chi connectivity index (χ0n) is 12.2. The van der Waals surface area contributed by atoms with Crippen molar-refractivity contribution in [3.63, 3.8) is 0 Å². The van der Waals surface area contributed by atoms with E-state index in [1.165, 1.54) is 5.56 Å². The Balaban J connectivity index is 2.17. The van der Waals surface area contributed by atoms with Crippen molar-refractivity contribution >= 4 is 11.6 Å². The van der Waals surface area contributed by atoms with Crippen LogP contribution in [0.5, 0.6) is 0 Å². The van der Waals surface area contributed by atoms with E-state index in [-0.39, 0.29) is 11.9 Å². The van der Waals surface area contributed by atoms with Gasteiger partial charge in [-0.15, -0.1) is 0 Å². The number of rotatable bonds is 5. The van der Waals surface area contributed by atoms with E-state index in [4.69, 9.17) is 0 Å². The van der Waals surface area contributed by atoms with Crippen molar-refractivity contribution in [2.24, 2.45) is 0 Å². The van der Waals surface area contributed by atoms with Gasteiger partial charge in [0, 0.05) is 31.4 Å². The molecule has 1 aromatic carbocycles. The Morgan fingerprint density at radius 3 is 2.74 bits per heavy atom. The molecule has 2 rings (SSSR count). The highest BCUT2D eigenvalue weighted by atomic mass is 16.2. The van der Waals surface area contributed by atoms with Crippen LogP contribution in [-0.2, 0) is 11.2 Å². The first-order valence-electron chi connectivity index (χ1n) is 6.83. The van der Waals surface area contributed by atoms with Crippen LogP contribution in [0.4, 0.5) is 5.69 Å². The monoisotopic (exact) mass is 261 g/mol. The van der Waals surface area contributed by atoms with Gasteiger partial charge in [-0.3, -0.25) is 4.79 Å². The molecular weight excluding hydrogens is 238 g/mol. The summed E-state index contributed by atoms with van der Waals surface area (Å²) in [6, 6.07) is 7.05. The summed E-state index contributed by atoms with van der Waals surface area (Å²) in [6.07, 6.45) is 0.522. The van der Waals surface area contributed by atoms with Gasteiger partial charge in [0.2, 0.25) is 5.91 Å². The molecule has 0 fully saturated rings. The number of benzene rings is 1. The van der Waals surface area contributed by atoms with Crippen LogP contribution in [0.3, 0.4) is 0 Å². The van der Waals surface area contributed by atoms with Crippen molar-refractivity contribution < 1.29 is 4.79 Å². The van der Waals surface area contributed by atoms with Gasteiger partial charge in [-0.25, -0.2) is 0 Å². The third-order valence-electron chi connectivity index (χ3n) is 3.66. The number of likely N-dealkylation sites (N-methyl/N-ethyl adjacent to an activating group) is 2. The van der Waals surface area contributed by atoms with Gasteiger partial charge in [0.15, 0.2) is 0 Å². The fraction of sp³-hybridized carbons (Fsp3) is 0.533. The van der Waals surface area contributed by atoms with Crippen molar-refractivity contribution in [3.8, 4) is 0 Å². The lowest BCUT2D eigenvalue weighted by molar-refractivity contribution is -0.117. The van der Waals surface area contributed by atoms with Gasteiger partial charge in [0.05, 0.1) is 6.42 Å². The summed E-state index contributed by atoms with van der Waals surface area (Å²) in [4.78, 5) is 13.4. The zero-order valence-corrected chi connectivity index (χ0v) is 12.2. The van der Waals surface area contributed by atoms with E-state index in [1.807, 2.05) is 14.1 Å². The van der Waals surface area contributed by atoms with Gasteiger partial charge in [0.25, 0.3) is 0 Å². The van der Waals surface area contributed by atoms with Gasteiger partial charge in [-0.05, 0) is 24.2 Å². The summed E-state index contributed by atoms with van der Waals surface area (Å²) < 4.78 is 0. The summed E-state index contributed by atoms with van der Waals surface area (Å²) in [7, 11) is 3.81. The number of anilines is 1. The lowest BCUT2D eigenvalue weighted by atomic mass is 10.0. The van der Waals surface area contributed by atoms with Gasteiger partial charge in [-0.1, -0.05) is 26.0 Å². The lowest BCUT2D eigenvalue weighted by Gasteiger charge is -2.20. The smallest absolute Gasteiger partial charge is 0.231 e. The van der Waals surface area contributed by atoms with Gasteiger partial charge >= 0.3 is 0 Å². The topological polar surface area (TPSA) is 44.4 Å². The van der Waals surface area contributed by atoms with Crippen LogP contribution < -0.4 is 15.5 Å². The molecule has 1 aliphatic heterocycles. The van der Waals surface area contributed by atoms with E-state index >= 15 is 0 Å². The Kier molecular flexibility index (Phi) is 4.22. The van der Waals surface area contributed by atoms with Crippen LogP contribution >= 0.6 is 0 Å². The first-order chi connectivity index (χ1) is 9.02. The largest absolute Gasteiger partial charge is 0.315 e. The second-order valence-corrected chi connectivity index (χ2v) is 5.42. The molecule has 2 N–H and O–H groups in total. The number of nitrogens with zero attached hydrogens (tertiary/aromatic N) is 1. The molecule has 0 saturated heterocycles. The minimum Gasteiger partial charge on any atom is -0.315 e. The molecule has 19 heavy (non-hydrogen) atoms. The maximum atomic E-state index is 11.7. The Morgan fingerprint density at radius 2 is 2.11 bits per heavy atom. The maximum absolute atomic E-state index is 11.7. The number of carbonyl (C=O) groups is 1. The molecule has 4 nitrogen and oxygen atoms in total. The maximum Gasteiger partial charge on any atom is 0.231 e. The molecule has 0 aliphatic carbocycles. The van der Waals surface area contributed by atoms with E-state index in [1.54, 1.807) is 4.90 Å². The minimum absolute atomic E-state index is 0.175. The molecular formula is C15H23N3O. The normalized spacial score (nSPS) is 16.1. The molecule has 1 amide bonds. The first-order valence-corrected chi connectivity index (χ1v) is 6.83. The van der Waals surface area contributed by atoms with E-state index in [0.717, 1.165) is 17.8 Å². The summed E-state index contributed by atoms with van der Waals surface area (Å²) in [5.74, 6) is 0.175. The second-order valence-electron chi connectivity index (χ2n) is 5.42. The molecule has 0 spiro atoms. The molecule has 104 valence electrons. The molecule has 1 unspecified atom stereocenters. The minimum atomic E-state index is 0.175. The number of fused-ring (bicyclic) bond motifs is 1. The fourth-order valence-electron chi connectivity index (χ4n) is 2.45. The number of hydrogen-bond donors (Lipinski definition) is 2. The quantitative estimate of drug-likeness (QED) is 0.843. The van der Waals surface area contributed by atoms with E-state index < -0.39 is 0 Å². The van der Waals surface area contributed by atoms with Crippen LogP contribution in [0.25, 0.3) is 0 Å². The average molecular weight is 261 g/mol. The van der Waals surface area contributed by atoms with E-state index in [9.17, 15) is 4.79 Å². The van der Waals surface area contributed by atoms with Crippen molar-refractivity contribution in [1.82, 2.24) is 10.6 Å². The molecule has 1 atom stereocenters. The van der Waals surface area contributed by atoms with Crippen LogP contribution in [0.15, 0.2) is 18.2 Å². The summed E-state index contributed by atoms with van der Waals surface area (Å²) in [6.45, 7) is 5.17. The molecule has 4 heteroatoms. The summed E-state index contributed by atoms with van der Waals surface area (Å²) in [5, 5.41) is 6.77. The standard InChI is InChI=1S/C15H23N3O/c1-10(2)17-9-13(16-3)11-5-6-14-12(7-11)8-15(19)18(14)4/h5-7,10,13,16-17H,8-9H2,1-4H3. The predicted molar refractivity (Wildman–Crippen MR) is 78.5 cm³/mol. The Labute approximate surface area is 115 Å². The Bertz CT molecular complexity index is 470. The van der Waals surface area contributed by atoms with Crippen LogP contribution in [0.2, 0.25) is 0 Å². The van der Waals surface area contributed by atoms with E-state index in [0.29, 0.717) is 12.5 Å². The number of carbonyl (C=O) groups excluding carboxylic acids is 1. The molecule has 1 aliphatic rings. The van der Waals surface area contributed by atoms with Crippen molar-refractivity contribution in [1.29, 1.82) is 0 Å². The van der Waals surface area contributed by atoms with Crippen molar-refractivity contribution in [2.45, 2.75) is 32.4 Å². The van der Waals surface area contributed by atoms with Crippen LogP contribution in [-0.4, -0.2) is 32.6 Å². The highest BCUT2D eigenvalue weighted by Crippen LogP contribution is 2.29. The highest BCUT2D eigenvalue weighted by Gasteiger charge is 2.24. The summed E-state index contributed by atoms with van der Waals surface area (Å²) in [5.41, 5.74) is 3.41. The first kappa shape index (κ1) is 14.0. The van der Waals surface area contributed by atoms with Crippen LogP contribution in [0, 0.1) is 0 Å². The average Bonchev–Trinajstić information content (AvgIpc) is 2.65. The molecule has 0 saturated carbocycles. The molecule has 0 aromatic heterocycles. The molecule has 1 aromatic rings. The number of amides is 1. The third kappa shape index (κ3) is 2.96. The van der Waals surface area contributed by atoms with Gasteiger partial charge in [0.1, 0.15) is 0 Å². The van der Waals surface area contributed by atoms with Gasteiger partial charge in [-0.2, -0.15) is 0 Å². The molecule has 0 radical (unpaired) electrons. The Morgan fingerprint density at radius 1 is 1.37 bits per heavy atom. The Hall–Kier alpha value is -1.39. The predicted octanol–water partition coefficient (Wildman–Crippen LogP) is 1.46. The SMILES string of the molecule is CNC(CNC(C)C)c1ccc2c(c1)CC(=O)N2C. The number of hydrogen-bond acceptors (Lipinski definition) is 3. The molecule has 0 bridgehead atoms. The fourth-order valence-corrected chi connectivity index (χ4v) is 2.45. The number of nitrogens with one attached hydrogen (secondary N) is 2. The van der Waals surface area contributed by atoms with Crippen molar-refractivity contribution in [2.75, 3.05) is 25.5 Å². The van der Waals surface area contributed by atoms with Crippen molar-refractivity contribution in [3.05, 3.63) is 29.3 Å². The zero-order chi connectivity index (χ0) is 14.0. The van der Waals surface area contributed by atoms with Gasteiger partial charge < -0.3 is 15.5 Å². The van der Waals surface area contributed by atoms with E-state index in [2.05, 4.69) is 42.7 Å².